The molecule has 0 saturated carbocycles. The summed E-state index contributed by atoms with van der Waals surface area (Å²) in [4.78, 5) is 12.8. The molecule has 4 heteroatoms. The normalized spacial score (nSPS) is 11.7. The highest BCUT2D eigenvalue weighted by Crippen LogP contribution is 2.14. The first kappa shape index (κ1) is 11.3. The first-order chi connectivity index (χ1) is 9.33. The molecule has 0 aliphatic rings. The van der Waals surface area contributed by atoms with E-state index >= 15 is 0 Å². The third-order valence-electron chi connectivity index (χ3n) is 2.68. The molecule has 0 amide bonds. The van der Waals surface area contributed by atoms with Crippen molar-refractivity contribution in [3.63, 3.8) is 0 Å². The van der Waals surface area contributed by atoms with E-state index in [0.29, 0.717) is 11.4 Å². The van der Waals surface area contributed by atoms with Crippen molar-refractivity contribution in [2.45, 2.75) is 0 Å². The molecular formula is C15H11N3O. The molecule has 19 heavy (non-hydrogen) atoms. The minimum Gasteiger partial charge on any atom is -0.506 e. The zero-order valence-corrected chi connectivity index (χ0v) is 10.1. The maximum atomic E-state index is 9.98. The van der Waals surface area contributed by atoms with Crippen molar-refractivity contribution in [1.29, 1.82) is 0 Å². The van der Waals surface area contributed by atoms with Crippen LogP contribution in [0.15, 0.2) is 54.9 Å². The van der Waals surface area contributed by atoms with Gasteiger partial charge in [0.05, 0.1) is 22.9 Å². The Morgan fingerprint density at radius 3 is 2.53 bits per heavy atom. The fourth-order valence-corrected chi connectivity index (χ4v) is 1.77. The molecule has 0 spiro atoms. The van der Waals surface area contributed by atoms with Crippen molar-refractivity contribution in [2.24, 2.45) is 0 Å². The summed E-state index contributed by atoms with van der Waals surface area (Å²) in [5, 5.41) is 9.98. The van der Waals surface area contributed by atoms with Crippen LogP contribution in [0.1, 0.15) is 11.4 Å². The number of pyridine rings is 1. The molecule has 0 atom stereocenters. The van der Waals surface area contributed by atoms with Crippen LogP contribution in [0.2, 0.25) is 0 Å². The molecule has 0 bridgehead atoms. The second kappa shape index (κ2) is 4.86. The number of aliphatic hydroxyl groups excluding tert-OH is 1. The lowest BCUT2D eigenvalue weighted by Gasteiger charge is -2.00. The van der Waals surface area contributed by atoms with Crippen LogP contribution in [-0.4, -0.2) is 20.1 Å². The van der Waals surface area contributed by atoms with Crippen LogP contribution < -0.4 is 0 Å². The summed E-state index contributed by atoms with van der Waals surface area (Å²) in [5.74, 6) is 0.0742. The van der Waals surface area contributed by atoms with Crippen molar-refractivity contribution in [1.82, 2.24) is 15.0 Å². The predicted octanol–water partition coefficient (Wildman–Crippen LogP) is 3.08. The van der Waals surface area contributed by atoms with Crippen molar-refractivity contribution < 1.29 is 5.11 Å². The summed E-state index contributed by atoms with van der Waals surface area (Å²) < 4.78 is 0. The molecule has 2 aromatic heterocycles. The maximum absolute atomic E-state index is 9.98. The third kappa shape index (κ3) is 2.42. The fourth-order valence-electron chi connectivity index (χ4n) is 1.77. The number of nitrogens with zero attached hydrogens (tertiary/aromatic N) is 3. The molecule has 1 N–H and O–H groups in total. The molecule has 0 aliphatic carbocycles. The van der Waals surface area contributed by atoms with Crippen LogP contribution in [0, 0.1) is 0 Å². The number of para-hydroxylation sites is 2. The lowest BCUT2D eigenvalue weighted by molar-refractivity contribution is 0.512. The van der Waals surface area contributed by atoms with Gasteiger partial charge in [0, 0.05) is 12.3 Å². The Labute approximate surface area is 110 Å². The van der Waals surface area contributed by atoms with Crippen LogP contribution >= 0.6 is 0 Å². The first-order valence-electron chi connectivity index (χ1n) is 5.87. The van der Waals surface area contributed by atoms with E-state index in [1.165, 1.54) is 0 Å². The summed E-state index contributed by atoms with van der Waals surface area (Å²) in [6.07, 6.45) is 4.81. The van der Waals surface area contributed by atoms with Gasteiger partial charge < -0.3 is 5.11 Å². The standard InChI is InChI=1S/C15H11N3O/c19-15(14-7-3-4-8-16-14)9-11-10-17-12-5-1-2-6-13(12)18-11/h1-10,19H/b15-9-. The molecule has 92 valence electrons. The summed E-state index contributed by atoms with van der Waals surface area (Å²) in [6, 6.07) is 13.0. The second-order valence-corrected chi connectivity index (χ2v) is 4.03. The average molecular weight is 249 g/mol. The molecule has 0 unspecified atom stereocenters. The minimum absolute atomic E-state index is 0.0742. The van der Waals surface area contributed by atoms with Gasteiger partial charge in [-0.3, -0.25) is 9.97 Å². The second-order valence-electron chi connectivity index (χ2n) is 4.03. The number of aromatic nitrogens is 3. The van der Waals surface area contributed by atoms with Crippen molar-refractivity contribution in [3.8, 4) is 0 Å². The van der Waals surface area contributed by atoms with Gasteiger partial charge in [0.25, 0.3) is 0 Å². The highest BCUT2D eigenvalue weighted by molar-refractivity contribution is 5.78. The zero-order valence-electron chi connectivity index (χ0n) is 10.1. The lowest BCUT2D eigenvalue weighted by atomic mass is 10.2. The van der Waals surface area contributed by atoms with E-state index < -0.39 is 0 Å². The highest BCUT2D eigenvalue weighted by Gasteiger charge is 2.02. The van der Waals surface area contributed by atoms with Gasteiger partial charge in [-0.05, 0) is 24.3 Å². The smallest absolute Gasteiger partial charge is 0.143 e. The topological polar surface area (TPSA) is 58.9 Å². The van der Waals surface area contributed by atoms with Gasteiger partial charge in [0.15, 0.2) is 0 Å². The Morgan fingerprint density at radius 1 is 0.947 bits per heavy atom. The fraction of sp³-hybridized carbons (Fsp3) is 0. The van der Waals surface area contributed by atoms with E-state index in [9.17, 15) is 5.11 Å². The average Bonchev–Trinajstić information content (AvgIpc) is 2.48. The molecule has 0 aliphatic heterocycles. The molecule has 4 nitrogen and oxygen atoms in total. The lowest BCUT2D eigenvalue weighted by Crippen LogP contribution is -1.90. The van der Waals surface area contributed by atoms with Gasteiger partial charge in [0.2, 0.25) is 0 Å². The number of benzene rings is 1. The van der Waals surface area contributed by atoms with Gasteiger partial charge in [-0.25, -0.2) is 4.98 Å². The van der Waals surface area contributed by atoms with E-state index in [4.69, 9.17) is 0 Å². The predicted molar refractivity (Wildman–Crippen MR) is 74.3 cm³/mol. The van der Waals surface area contributed by atoms with Crippen LogP contribution in [0.25, 0.3) is 22.9 Å². The first-order valence-corrected chi connectivity index (χ1v) is 5.87. The molecule has 0 radical (unpaired) electrons. The van der Waals surface area contributed by atoms with Crippen molar-refractivity contribution in [3.05, 3.63) is 66.2 Å². The summed E-state index contributed by atoms with van der Waals surface area (Å²) in [6.45, 7) is 0. The quantitative estimate of drug-likeness (QED) is 0.709. The Balaban J connectivity index is 2.01. The Kier molecular flexibility index (Phi) is 2.90. The zero-order chi connectivity index (χ0) is 13.1. The van der Waals surface area contributed by atoms with Crippen LogP contribution in [0.3, 0.4) is 0 Å². The highest BCUT2D eigenvalue weighted by atomic mass is 16.3. The SMILES string of the molecule is O/C(=C\c1cnc2ccccc2n1)c1ccccn1. The van der Waals surface area contributed by atoms with Crippen LogP contribution in [0.5, 0.6) is 0 Å². The number of rotatable bonds is 2. The van der Waals surface area contributed by atoms with E-state index in [1.807, 2.05) is 30.3 Å². The Bertz CT molecular complexity index is 738. The third-order valence-corrected chi connectivity index (χ3v) is 2.68. The number of aliphatic hydroxyl groups is 1. The summed E-state index contributed by atoms with van der Waals surface area (Å²) >= 11 is 0. The molecular weight excluding hydrogens is 238 g/mol. The van der Waals surface area contributed by atoms with E-state index in [1.54, 1.807) is 30.6 Å². The van der Waals surface area contributed by atoms with Crippen LogP contribution in [-0.2, 0) is 0 Å². The number of hydrogen-bond donors (Lipinski definition) is 1. The van der Waals surface area contributed by atoms with Gasteiger partial charge in [0.1, 0.15) is 11.5 Å². The molecule has 1 aromatic carbocycles. The van der Waals surface area contributed by atoms with E-state index in [2.05, 4.69) is 15.0 Å². The minimum atomic E-state index is 0.0742. The van der Waals surface area contributed by atoms with Gasteiger partial charge >= 0.3 is 0 Å². The summed E-state index contributed by atoms with van der Waals surface area (Å²) in [5.41, 5.74) is 2.74. The van der Waals surface area contributed by atoms with Gasteiger partial charge in [-0.1, -0.05) is 18.2 Å². The molecule has 0 saturated heterocycles. The van der Waals surface area contributed by atoms with E-state index in [0.717, 1.165) is 11.0 Å². The molecule has 2 heterocycles. The Morgan fingerprint density at radius 2 is 1.74 bits per heavy atom. The molecule has 0 fully saturated rings. The van der Waals surface area contributed by atoms with Crippen molar-refractivity contribution >= 4 is 22.9 Å². The monoisotopic (exact) mass is 249 g/mol. The molecule has 3 rings (SSSR count). The maximum Gasteiger partial charge on any atom is 0.143 e. The van der Waals surface area contributed by atoms with Crippen molar-refractivity contribution in [2.75, 3.05) is 0 Å². The van der Waals surface area contributed by atoms with Gasteiger partial charge in [-0.15, -0.1) is 0 Å². The van der Waals surface area contributed by atoms with Gasteiger partial charge in [-0.2, -0.15) is 0 Å². The Hall–Kier alpha value is -2.75. The number of hydrogen-bond acceptors (Lipinski definition) is 4. The summed E-state index contributed by atoms with van der Waals surface area (Å²) in [7, 11) is 0. The van der Waals surface area contributed by atoms with E-state index in [-0.39, 0.29) is 5.76 Å². The van der Waals surface area contributed by atoms with Crippen LogP contribution in [0.4, 0.5) is 0 Å². The number of fused-ring (bicyclic) bond motifs is 1. The largest absolute Gasteiger partial charge is 0.506 e. The molecule has 3 aromatic rings.